The number of hydrogen-bond donors (Lipinski definition) is 0. The quantitative estimate of drug-likeness (QED) is 0.248. The molecule has 0 radical (unpaired) electrons. The van der Waals surface area contributed by atoms with Crippen LogP contribution >= 0.6 is 0 Å². The van der Waals surface area contributed by atoms with Gasteiger partial charge in [-0.05, 0) is 94.7 Å². The molecule has 0 amide bonds. The zero-order chi connectivity index (χ0) is 98.9. The van der Waals surface area contributed by atoms with Gasteiger partial charge in [0.1, 0.15) is 0 Å². The predicted octanol–water partition coefficient (Wildman–Crippen LogP) is 0.685. The molecule has 0 aliphatic heterocycles. The van der Waals surface area contributed by atoms with Crippen molar-refractivity contribution in [3.63, 3.8) is 0 Å². The van der Waals surface area contributed by atoms with Gasteiger partial charge in [0.2, 0.25) is 0 Å². The van der Waals surface area contributed by atoms with Crippen molar-refractivity contribution in [2.24, 2.45) is 0 Å². The number of rotatable bonds is 0. The molecule has 0 saturated carbocycles. The standard InChI is InChI=1S/C139H3/c1-3-5-7-9-11-13-15-17-19-21-23-25-27-29-31-33-35-37-39-41-43-45-47-49-51-53-55-57-59-61-63-65-67-69-71-73-75-77-79-81-83-85-87-89-91-93-95-97-99-101-103-105-107-109-111-113-115-117-119-121-123-125-127-129-131-133-135-137-139-138-136-134-132-130-128-126-124-122-120-118-116-114-112-110-108-106-104-102-100-98-96-94-92-90-88-86-84-82-80-78-76-74-72-70-68-66-64-62-60-58-56-54-52-50-48-46-44-42-40-38-36-34-32-30-28-26-24-22-20-18-16-14-12-10-8-6-4-2/h1H,2H2/q-1. The van der Waals surface area contributed by atoms with Gasteiger partial charge in [0, 0.05) is 699 Å². The maximum absolute atomic E-state index is 4.96. The van der Waals surface area contributed by atoms with Gasteiger partial charge >= 0.3 is 0 Å². The van der Waals surface area contributed by atoms with Crippen LogP contribution in [0.5, 0.6) is 0 Å². The molecule has 0 heteroatoms. The Balaban J connectivity index is 4.66. The molecule has 0 fully saturated rings. The first-order valence-corrected chi connectivity index (χ1v) is 34.6. The maximum Gasteiger partial charge on any atom is 0 e. The van der Waals surface area contributed by atoms with E-state index in [9.17, 15) is 0 Å². The van der Waals surface area contributed by atoms with Gasteiger partial charge in [0.25, 0.3) is 0 Å². The Hall–Kier alpha value is -30.5. The summed E-state index contributed by atoms with van der Waals surface area (Å²) in [6.45, 7) is 3.32. The lowest BCUT2D eigenvalue weighted by Gasteiger charge is -1.64. The van der Waals surface area contributed by atoms with Crippen LogP contribution in [-0.2, 0) is 0 Å². The van der Waals surface area contributed by atoms with E-state index in [4.69, 9.17) is 6.42 Å². The zero-order valence-corrected chi connectivity index (χ0v) is 69.8. The van der Waals surface area contributed by atoms with Crippen molar-refractivity contribution in [3.8, 4) is 818 Å². The third kappa shape index (κ3) is 108. The van der Waals surface area contributed by atoms with Crippen LogP contribution in [0.25, 0.3) is 0 Å². The van der Waals surface area contributed by atoms with Gasteiger partial charge in [-0.15, -0.1) is 12.3 Å². The van der Waals surface area contributed by atoms with E-state index in [1.807, 2.05) is 0 Å². The summed E-state index contributed by atoms with van der Waals surface area (Å²) < 4.78 is 0. The van der Waals surface area contributed by atoms with E-state index in [1.54, 1.807) is 0 Å². The molecule has 139 heavy (non-hydrogen) atoms. The summed E-state index contributed by atoms with van der Waals surface area (Å²) >= 11 is 0. The maximum atomic E-state index is 4.96. The highest BCUT2D eigenvalue weighted by molar-refractivity contribution is 5.60. The Morgan fingerprint density at radius 3 is 0.129 bits per heavy atom. The van der Waals surface area contributed by atoms with Crippen molar-refractivity contribution >= 4 is 0 Å². The van der Waals surface area contributed by atoms with Crippen molar-refractivity contribution in [3.05, 3.63) is 6.92 Å². The van der Waals surface area contributed by atoms with E-state index < -0.39 is 0 Å². The minimum Gasteiger partial charge on any atom is -0.284 e. The van der Waals surface area contributed by atoms with Crippen LogP contribution in [0.2, 0.25) is 0 Å². The third-order valence-electron chi connectivity index (χ3n) is 8.54. The van der Waals surface area contributed by atoms with Crippen molar-refractivity contribution in [1.29, 1.82) is 0 Å². The average Bonchev–Trinajstić information content (AvgIpc) is 1.10. The molecule has 0 heterocycles. The molecule has 0 bridgehead atoms. The summed E-state index contributed by atoms with van der Waals surface area (Å²) in [7, 11) is 0. The highest BCUT2D eigenvalue weighted by Crippen LogP contribution is 1.71. The summed E-state index contributed by atoms with van der Waals surface area (Å²) in [6.07, 6.45) is 4.96. The molecular formula is C139H3-. The molecule has 0 unspecified atom stereocenters. The minimum atomic E-state index is 2.12. The molecule has 0 N–H and O–H groups in total. The molecule has 0 spiro atoms. The van der Waals surface area contributed by atoms with Crippen molar-refractivity contribution in [2.45, 2.75) is 0 Å². The van der Waals surface area contributed by atoms with Crippen molar-refractivity contribution in [2.75, 3.05) is 0 Å². The fourth-order valence-electron chi connectivity index (χ4n) is 4.24. The fourth-order valence-corrected chi connectivity index (χ4v) is 4.24. The predicted molar refractivity (Wildman–Crippen MR) is 543 cm³/mol. The normalized spacial score (nSPS) is 3.96. The Labute approximate surface area is 818 Å². The third-order valence-corrected chi connectivity index (χ3v) is 8.54. The van der Waals surface area contributed by atoms with Crippen LogP contribution in [-0.4, -0.2) is 0 Å². The summed E-state index contributed by atoms with van der Waals surface area (Å²) in [5.74, 6) is 341. The molecule has 560 valence electrons. The molecule has 0 atom stereocenters. The van der Waals surface area contributed by atoms with Crippen molar-refractivity contribution < 1.29 is 0 Å². The average molecular weight is 1670 g/mol. The van der Waals surface area contributed by atoms with Gasteiger partial charge in [-0.3, -0.25) is 5.92 Å². The molecule has 0 aliphatic carbocycles. The second-order valence-corrected chi connectivity index (χ2v) is 17.2. The Kier molecular flexibility index (Phi) is 83.9. The van der Waals surface area contributed by atoms with Gasteiger partial charge in [-0.1, -0.05) is 0 Å². The first-order chi connectivity index (χ1) is 69.4. The van der Waals surface area contributed by atoms with Gasteiger partial charge in [-0.2, -0.15) is 6.92 Å². The second kappa shape index (κ2) is 108. The van der Waals surface area contributed by atoms with Crippen LogP contribution in [0.1, 0.15) is 0 Å². The van der Waals surface area contributed by atoms with E-state index in [2.05, 4.69) is 818 Å². The molecule has 0 rings (SSSR count). The number of terminal acetylenes is 1. The zero-order valence-electron chi connectivity index (χ0n) is 69.8. The lowest BCUT2D eigenvalue weighted by atomic mass is 10.4. The lowest BCUT2D eigenvalue weighted by Crippen LogP contribution is -1.57. The van der Waals surface area contributed by atoms with E-state index in [0.29, 0.717) is 0 Å². The number of hydrogen-bond acceptors (Lipinski definition) is 0. The molecule has 0 saturated heterocycles. The summed E-state index contributed by atoms with van der Waals surface area (Å²) in [5, 5.41) is 0. The van der Waals surface area contributed by atoms with Gasteiger partial charge in [0.05, 0.1) is 0 Å². The summed E-state index contributed by atoms with van der Waals surface area (Å²) in [5.41, 5.74) is 0. The van der Waals surface area contributed by atoms with Crippen molar-refractivity contribution in [1.82, 2.24) is 0 Å². The highest BCUT2D eigenvalue weighted by atomic mass is 13.7. The van der Waals surface area contributed by atoms with E-state index in [1.165, 1.54) is 0 Å². The van der Waals surface area contributed by atoms with Crippen LogP contribution < -0.4 is 0 Å². The lowest BCUT2D eigenvalue weighted by molar-refractivity contribution is 2.31. The van der Waals surface area contributed by atoms with E-state index in [-0.39, 0.29) is 0 Å². The molecule has 0 aliphatic rings. The monoisotopic (exact) mass is 1670 g/mol. The minimum absolute atomic E-state index is 2.12. The largest absolute Gasteiger partial charge is 0.284 e. The van der Waals surface area contributed by atoms with E-state index in [0.717, 1.165) is 0 Å². The second-order valence-electron chi connectivity index (χ2n) is 17.2. The molecule has 0 aromatic carbocycles. The summed E-state index contributed by atoms with van der Waals surface area (Å²) in [4.78, 5) is 0. The van der Waals surface area contributed by atoms with Gasteiger partial charge in [0.15, 0.2) is 0 Å². The molecule has 0 aromatic heterocycles. The Bertz CT molecular complexity index is 9600. The first kappa shape index (κ1) is 109. The summed E-state index contributed by atoms with van der Waals surface area (Å²) in [6, 6.07) is 0. The van der Waals surface area contributed by atoms with Crippen LogP contribution in [0.15, 0.2) is 0 Å². The molecule has 0 nitrogen and oxygen atoms in total. The van der Waals surface area contributed by atoms with Crippen LogP contribution in [0, 0.1) is 824 Å². The van der Waals surface area contributed by atoms with Crippen LogP contribution in [0.3, 0.4) is 0 Å². The molecule has 0 aromatic rings. The van der Waals surface area contributed by atoms with Crippen LogP contribution in [0.4, 0.5) is 0 Å². The first-order valence-electron chi connectivity index (χ1n) is 34.6. The van der Waals surface area contributed by atoms with Gasteiger partial charge < -0.3 is 0 Å². The Morgan fingerprint density at radius 1 is 0.0576 bits per heavy atom. The smallest absolute Gasteiger partial charge is 0 e. The van der Waals surface area contributed by atoms with Gasteiger partial charge in [-0.25, -0.2) is 5.92 Å². The fraction of sp³-hybridized carbons (Fsp3) is 0. The Morgan fingerprint density at radius 2 is 0.0935 bits per heavy atom. The highest BCUT2D eigenvalue weighted by Gasteiger charge is 1.71. The SMILES string of the molecule is C#CC#CC#CC#CC#CC#CC#CC#CC#CC#CC#CC#CC#CC#CC#CC#CC#CC#CC#CC#CC#CC#CC#CC#CC#CC#CC#CC#CC#CC#CC#CC#CC#CC#CC#CC#CC#CC#CC#CC#CC#CC#CC#CC#CC#CC#CC#CC#CC#CC#CC#CC#CC#CC#CC#CC#CC#CC#CC#CC#CC#CC#CC#CC#CC#CC#CC#CC#CC#C[CH2-]. The van der Waals surface area contributed by atoms with E-state index >= 15 is 0 Å². The molecular weight excluding hydrogens is 1670 g/mol. The topological polar surface area (TPSA) is 0 Å².